The van der Waals surface area contributed by atoms with E-state index in [1.807, 2.05) is 6.07 Å². The van der Waals surface area contributed by atoms with E-state index in [1.165, 1.54) is 0 Å². The van der Waals surface area contributed by atoms with Crippen LogP contribution in [-0.4, -0.2) is 6.54 Å². The summed E-state index contributed by atoms with van der Waals surface area (Å²) >= 11 is 6.05. The molecule has 0 aliphatic carbocycles. The highest BCUT2D eigenvalue weighted by Crippen LogP contribution is 2.36. The summed E-state index contributed by atoms with van der Waals surface area (Å²) in [5.41, 5.74) is 1.32. The highest BCUT2D eigenvalue weighted by molar-refractivity contribution is 6.31. The summed E-state index contributed by atoms with van der Waals surface area (Å²) in [4.78, 5) is 0. The first-order valence-corrected chi connectivity index (χ1v) is 5.62. The number of hydrogen-bond donors (Lipinski definition) is 1. The maximum Gasteiger partial charge on any atom is 0.145 e. The minimum atomic E-state index is -0.288. The highest BCUT2D eigenvalue weighted by atomic mass is 35.5. The topological polar surface area (TPSA) is 12.0 Å². The number of nitrogens with one attached hydrogen (secondary N) is 1. The number of hydrogen-bond acceptors (Lipinski definition) is 1. The predicted molar refractivity (Wildman–Crippen MR) is 60.7 cm³/mol. The molecule has 82 valence electrons. The van der Waals surface area contributed by atoms with Crippen LogP contribution in [0.2, 0.25) is 5.02 Å². The van der Waals surface area contributed by atoms with Gasteiger partial charge in [-0.3, -0.25) is 0 Å². The largest absolute Gasteiger partial charge is 0.308 e. The zero-order valence-electron chi connectivity index (χ0n) is 9.03. The van der Waals surface area contributed by atoms with Gasteiger partial charge in [-0.05, 0) is 44.4 Å². The Hall–Kier alpha value is -0.600. The lowest BCUT2D eigenvalue weighted by Crippen LogP contribution is -2.33. The molecule has 0 bridgehead atoms. The SMILES string of the molecule is Cc1ccc(C2(C)CCCN2)c(Cl)c1F. The first-order valence-electron chi connectivity index (χ1n) is 5.25. The molecule has 1 unspecified atom stereocenters. The summed E-state index contributed by atoms with van der Waals surface area (Å²) in [5, 5.41) is 3.66. The highest BCUT2D eigenvalue weighted by Gasteiger charge is 2.32. The Morgan fingerprint density at radius 3 is 2.80 bits per heavy atom. The second-order valence-corrected chi connectivity index (χ2v) is 4.80. The number of halogens is 2. The molecule has 2 rings (SSSR count). The van der Waals surface area contributed by atoms with Crippen molar-refractivity contribution in [2.45, 2.75) is 32.2 Å². The maximum absolute atomic E-state index is 13.7. The third kappa shape index (κ3) is 1.77. The van der Waals surface area contributed by atoms with E-state index in [9.17, 15) is 4.39 Å². The molecule has 0 spiro atoms. The lowest BCUT2D eigenvalue weighted by Gasteiger charge is -2.26. The quantitative estimate of drug-likeness (QED) is 0.776. The molecule has 3 heteroatoms. The molecule has 1 nitrogen and oxygen atoms in total. The fraction of sp³-hybridized carbons (Fsp3) is 0.500. The van der Waals surface area contributed by atoms with Crippen LogP contribution < -0.4 is 5.32 Å². The van der Waals surface area contributed by atoms with Crippen molar-refractivity contribution >= 4 is 11.6 Å². The summed E-state index contributed by atoms with van der Waals surface area (Å²) in [6.07, 6.45) is 2.12. The summed E-state index contributed by atoms with van der Waals surface area (Å²) in [5.74, 6) is -0.288. The summed E-state index contributed by atoms with van der Waals surface area (Å²) < 4.78 is 13.7. The van der Waals surface area contributed by atoms with E-state index < -0.39 is 0 Å². The lowest BCUT2D eigenvalue weighted by molar-refractivity contribution is 0.431. The molecule has 1 aliphatic rings. The molecule has 1 heterocycles. The van der Waals surface area contributed by atoms with Gasteiger partial charge in [-0.1, -0.05) is 23.7 Å². The molecule has 1 saturated heterocycles. The van der Waals surface area contributed by atoms with Crippen molar-refractivity contribution in [2.24, 2.45) is 0 Å². The number of aryl methyl sites for hydroxylation is 1. The third-order valence-corrected chi connectivity index (χ3v) is 3.61. The van der Waals surface area contributed by atoms with Crippen LogP contribution in [0.25, 0.3) is 0 Å². The summed E-state index contributed by atoms with van der Waals surface area (Å²) in [6.45, 7) is 4.79. The van der Waals surface area contributed by atoms with Gasteiger partial charge in [0.2, 0.25) is 0 Å². The second-order valence-electron chi connectivity index (χ2n) is 4.42. The fourth-order valence-electron chi connectivity index (χ4n) is 2.20. The Bertz CT molecular complexity index is 383. The van der Waals surface area contributed by atoms with Crippen LogP contribution >= 0.6 is 11.6 Å². The van der Waals surface area contributed by atoms with Crippen LogP contribution in [0.15, 0.2) is 12.1 Å². The van der Waals surface area contributed by atoms with Crippen molar-refractivity contribution < 1.29 is 4.39 Å². The van der Waals surface area contributed by atoms with Gasteiger partial charge < -0.3 is 5.32 Å². The van der Waals surface area contributed by atoms with Gasteiger partial charge in [0.1, 0.15) is 5.82 Å². The Balaban J connectivity index is 2.49. The van der Waals surface area contributed by atoms with E-state index in [2.05, 4.69) is 12.2 Å². The van der Waals surface area contributed by atoms with Gasteiger partial charge in [0.15, 0.2) is 0 Å². The van der Waals surface area contributed by atoms with Gasteiger partial charge in [0, 0.05) is 5.54 Å². The standard InChI is InChI=1S/C12H15ClFN/c1-8-4-5-9(10(13)11(8)14)12(2)6-3-7-15-12/h4-5,15H,3,6-7H2,1-2H3. The van der Waals surface area contributed by atoms with Crippen molar-refractivity contribution in [3.05, 3.63) is 34.1 Å². The fourth-order valence-corrected chi connectivity index (χ4v) is 2.62. The van der Waals surface area contributed by atoms with Crippen LogP contribution in [0.3, 0.4) is 0 Å². The van der Waals surface area contributed by atoms with E-state index in [0.29, 0.717) is 5.56 Å². The first-order chi connectivity index (χ1) is 7.04. The van der Waals surface area contributed by atoms with Gasteiger partial charge in [-0.15, -0.1) is 0 Å². The van der Waals surface area contributed by atoms with Crippen molar-refractivity contribution in [1.29, 1.82) is 0 Å². The zero-order valence-corrected chi connectivity index (χ0v) is 9.79. The molecule has 0 saturated carbocycles. The second kappa shape index (κ2) is 3.76. The molecular formula is C12H15ClFN. The molecule has 1 aromatic rings. The average molecular weight is 228 g/mol. The lowest BCUT2D eigenvalue weighted by atomic mass is 9.90. The minimum Gasteiger partial charge on any atom is -0.308 e. The van der Waals surface area contributed by atoms with Gasteiger partial charge in [0.05, 0.1) is 5.02 Å². The predicted octanol–water partition coefficient (Wildman–Crippen LogP) is 3.39. The molecule has 1 N–H and O–H groups in total. The Labute approximate surface area is 94.6 Å². The Kier molecular flexibility index (Phi) is 2.73. The van der Waals surface area contributed by atoms with Crippen molar-refractivity contribution in [2.75, 3.05) is 6.54 Å². The van der Waals surface area contributed by atoms with Crippen LogP contribution in [0.4, 0.5) is 4.39 Å². The molecule has 0 radical (unpaired) electrons. The van der Waals surface area contributed by atoms with Crippen molar-refractivity contribution in [3.63, 3.8) is 0 Å². The number of benzene rings is 1. The molecule has 15 heavy (non-hydrogen) atoms. The normalized spacial score (nSPS) is 25.9. The average Bonchev–Trinajstić information content (AvgIpc) is 2.62. The first kappa shape index (κ1) is 10.9. The molecule has 1 atom stereocenters. The smallest absolute Gasteiger partial charge is 0.145 e. The van der Waals surface area contributed by atoms with E-state index in [-0.39, 0.29) is 16.4 Å². The zero-order chi connectivity index (χ0) is 11.1. The minimum absolute atomic E-state index is 0.161. The molecular weight excluding hydrogens is 213 g/mol. The molecule has 1 fully saturated rings. The van der Waals surface area contributed by atoms with Crippen molar-refractivity contribution in [1.82, 2.24) is 5.32 Å². The number of rotatable bonds is 1. The van der Waals surface area contributed by atoms with E-state index >= 15 is 0 Å². The monoisotopic (exact) mass is 227 g/mol. The summed E-state index contributed by atoms with van der Waals surface area (Å²) in [7, 11) is 0. The van der Waals surface area contributed by atoms with Crippen molar-refractivity contribution in [3.8, 4) is 0 Å². The molecule has 0 amide bonds. The molecule has 0 aromatic heterocycles. The third-order valence-electron chi connectivity index (χ3n) is 3.24. The van der Waals surface area contributed by atoms with E-state index in [0.717, 1.165) is 24.9 Å². The van der Waals surface area contributed by atoms with Crippen LogP contribution in [0.1, 0.15) is 30.9 Å². The Morgan fingerprint density at radius 2 is 2.20 bits per heavy atom. The van der Waals surface area contributed by atoms with Gasteiger partial charge >= 0.3 is 0 Å². The van der Waals surface area contributed by atoms with Crippen LogP contribution in [0, 0.1) is 12.7 Å². The van der Waals surface area contributed by atoms with E-state index in [1.54, 1.807) is 13.0 Å². The summed E-state index contributed by atoms with van der Waals surface area (Å²) in [6, 6.07) is 3.72. The maximum atomic E-state index is 13.7. The van der Waals surface area contributed by atoms with Crippen LogP contribution in [0.5, 0.6) is 0 Å². The van der Waals surface area contributed by atoms with Gasteiger partial charge in [-0.25, -0.2) is 4.39 Å². The Morgan fingerprint density at radius 1 is 1.47 bits per heavy atom. The molecule has 1 aromatic carbocycles. The van der Waals surface area contributed by atoms with Crippen LogP contribution in [-0.2, 0) is 5.54 Å². The molecule has 1 aliphatic heterocycles. The van der Waals surface area contributed by atoms with E-state index in [4.69, 9.17) is 11.6 Å². The van der Waals surface area contributed by atoms with Gasteiger partial charge in [-0.2, -0.15) is 0 Å². The van der Waals surface area contributed by atoms with Gasteiger partial charge in [0.25, 0.3) is 0 Å².